The van der Waals surface area contributed by atoms with E-state index < -0.39 is 5.69 Å². The van der Waals surface area contributed by atoms with Gasteiger partial charge in [0.2, 0.25) is 0 Å². The lowest BCUT2D eigenvalue weighted by molar-refractivity contribution is 0.0970. The van der Waals surface area contributed by atoms with E-state index in [1.165, 1.54) is 10.6 Å². The quantitative estimate of drug-likeness (QED) is 0.819. The van der Waals surface area contributed by atoms with E-state index in [0.29, 0.717) is 21.3 Å². The molecule has 6 heteroatoms. The van der Waals surface area contributed by atoms with Gasteiger partial charge in [0.15, 0.2) is 5.78 Å². The van der Waals surface area contributed by atoms with E-state index in [0.717, 1.165) is 0 Å². The molecule has 2 rings (SSSR count). The molecule has 4 nitrogen and oxygen atoms in total. The molecule has 0 saturated heterocycles. The largest absolute Gasteiger partial charge is 0.348 e. The number of Topliss-reactive ketones (excluding diaryl/α,β-unsaturated/α-hetero) is 1. The second-order valence-electron chi connectivity index (χ2n) is 4.03. The van der Waals surface area contributed by atoms with Crippen LogP contribution in [0.5, 0.6) is 0 Å². The maximum atomic E-state index is 12.0. The van der Waals surface area contributed by atoms with Crippen molar-refractivity contribution in [1.29, 1.82) is 0 Å². The smallest absolute Gasteiger partial charge is 0.292 e. The van der Waals surface area contributed by atoms with E-state index in [4.69, 9.17) is 23.2 Å². The van der Waals surface area contributed by atoms with E-state index in [9.17, 15) is 9.59 Å². The monoisotopic (exact) mass is 296 g/mol. The van der Waals surface area contributed by atoms with Crippen molar-refractivity contribution in [3.63, 3.8) is 0 Å². The average molecular weight is 297 g/mol. The van der Waals surface area contributed by atoms with Crippen molar-refractivity contribution in [1.82, 2.24) is 9.55 Å². The van der Waals surface area contributed by atoms with E-state index in [-0.39, 0.29) is 12.3 Å². The fraction of sp³-hybridized carbons (Fsp3) is 0.154. The minimum atomic E-state index is -0.451. The van der Waals surface area contributed by atoms with Crippen LogP contribution in [0.3, 0.4) is 0 Å². The number of aromatic nitrogens is 2. The molecule has 0 atom stereocenters. The Labute approximate surface area is 119 Å². The molecule has 0 radical (unpaired) electrons. The molecule has 98 valence electrons. The predicted molar refractivity (Wildman–Crippen MR) is 74.0 cm³/mol. The van der Waals surface area contributed by atoms with Gasteiger partial charge < -0.3 is 0 Å². The predicted octanol–water partition coefficient (Wildman–Crippen LogP) is 2.74. The van der Waals surface area contributed by atoms with Gasteiger partial charge in [-0.1, -0.05) is 23.2 Å². The first-order valence-electron chi connectivity index (χ1n) is 5.50. The normalized spacial score (nSPS) is 10.5. The highest BCUT2D eigenvalue weighted by Gasteiger charge is 2.10. The van der Waals surface area contributed by atoms with Crippen LogP contribution in [0.15, 0.2) is 35.3 Å². The van der Waals surface area contributed by atoms with Gasteiger partial charge in [-0.15, -0.1) is 0 Å². The molecular weight excluding hydrogens is 287 g/mol. The molecule has 0 saturated carbocycles. The summed E-state index contributed by atoms with van der Waals surface area (Å²) in [6.07, 6.45) is 1.54. The first kappa shape index (κ1) is 13.8. The third kappa shape index (κ3) is 3.22. The first-order valence-corrected chi connectivity index (χ1v) is 6.25. The summed E-state index contributed by atoms with van der Waals surface area (Å²) in [6.45, 7) is 1.64. The van der Waals surface area contributed by atoms with Gasteiger partial charge in [0.25, 0.3) is 0 Å². The van der Waals surface area contributed by atoms with Gasteiger partial charge in [-0.2, -0.15) is 4.98 Å². The molecule has 0 fully saturated rings. The molecule has 19 heavy (non-hydrogen) atoms. The fourth-order valence-electron chi connectivity index (χ4n) is 1.55. The van der Waals surface area contributed by atoms with Gasteiger partial charge in [-0.25, -0.2) is 4.79 Å². The first-order chi connectivity index (χ1) is 8.97. The van der Waals surface area contributed by atoms with Gasteiger partial charge in [0.05, 0.1) is 16.6 Å². The molecule has 0 aliphatic heterocycles. The van der Waals surface area contributed by atoms with Crippen LogP contribution in [0.25, 0.3) is 0 Å². The van der Waals surface area contributed by atoms with Crippen LogP contribution in [-0.2, 0) is 6.54 Å². The van der Waals surface area contributed by atoms with Gasteiger partial charge in [-0.3, -0.25) is 9.36 Å². The number of benzene rings is 1. The number of halogens is 2. The Balaban J connectivity index is 2.25. The van der Waals surface area contributed by atoms with Gasteiger partial charge in [0.1, 0.15) is 0 Å². The molecule has 0 aliphatic carbocycles. The maximum absolute atomic E-state index is 12.0. The molecule has 1 aromatic heterocycles. The second kappa shape index (κ2) is 5.55. The van der Waals surface area contributed by atoms with Crippen molar-refractivity contribution in [2.75, 3.05) is 0 Å². The number of carbonyl (C=O) groups excluding carboxylic acids is 1. The second-order valence-corrected chi connectivity index (χ2v) is 4.85. The minimum absolute atomic E-state index is 0.0793. The summed E-state index contributed by atoms with van der Waals surface area (Å²) in [5.74, 6) is -0.230. The van der Waals surface area contributed by atoms with Crippen molar-refractivity contribution < 1.29 is 4.79 Å². The number of rotatable bonds is 3. The number of aryl methyl sites for hydroxylation is 1. The topological polar surface area (TPSA) is 52.0 Å². The summed E-state index contributed by atoms with van der Waals surface area (Å²) in [5.41, 5.74) is 0.568. The molecule has 0 bridgehead atoms. The summed E-state index contributed by atoms with van der Waals surface area (Å²) in [6, 6.07) is 6.28. The molecule has 2 aromatic rings. The van der Waals surface area contributed by atoms with Crippen LogP contribution in [-0.4, -0.2) is 15.3 Å². The molecule has 0 N–H and O–H groups in total. The highest BCUT2D eigenvalue weighted by molar-refractivity contribution is 6.42. The van der Waals surface area contributed by atoms with Gasteiger partial charge in [-0.05, 0) is 31.2 Å². The maximum Gasteiger partial charge on any atom is 0.348 e. The zero-order valence-corrected chi connectivity index (χ0v) is 11.6. The lowest BCUT2D eigenvalue weighted by atomic mass is 10.1. The van der Waals surface area contributed by atoms with E-state index in [1.807, 2.05) is 0 Å². The van der Waals surface area contributed by atoms with Crippen LogP contribution >= 0.6 is 23.2 Å². The standard InChI is InChI=1S/C13H10Cl2N2O2/c1-8-4-5-17(13(19)16-8)7-12(18)9-2-3-10(14)11(15)6-9/h2-6H,7H2,1H3. The third-order valence-corrected chi connectivity index (χ3v) is 3.31. The molecule has 0 aliphatic rings. The Morgan fingerprint density at radius 1 is 1.26 bits per heavy atom. The summed E-state index contributed by atoms with van der Waals surface area (Å²) in [4.78, 5) is 27.4. The van der Waals surface area contributed by atoms with Gasteiger partial charge >= 0.3 is 5.69 Å². The summed E-state index contributed by atoms with van der Waals surface area (Å²) in [7, 11) is 0. The number of ketones is 1. The SMILES string of the molecule is Cc1ccn(CC(=O)c2ccc(Cl)c(Cl)c2)c(=O)n1. The lowest BCUT2D eigenvalue weighted by Gasteiger charge is -2.05. The lowest BCUT2D eigenvalue weighted by Crippen LogP contribution is -2.26. The molecular formula is C13H10Cl2N2O2. The third-order valence-electron chi connectivity index (χ3n) is 2.57. The molecule has 0 spiro atoms. The van der Waals surface area contributed by atoms with Crippen molar-refractivity contribution in [2.24, 2.45) is 0 Å². The Morgan fingerprint density at radius 2 is 2.00 bits per heavy atom. The Kier molecular flexibility index (Phi) is 4.02. The fourth-order valence-corrected chi connectivity index (χ4v) is 1.85. The van der Waals surface area contributed by atoms with Crippen LogP contribution in [0.2, 0.25) is 10.0 Å². The molecule has 1 heterocycles. The zero-order chi connectivity index (χ0) is 14.0. The number of carbonyl (C=O) groups is 1. The van der Waals surface area contributed by atoms with Crippen molar-refractivity contribution in [3.05, 3.63) is 62.2 Å². The van der Waals surface area contributed by atoms with Gasteiger partial charge in [0, 0.05) is 17.5 Å². The Bertz CT molecular complexity index is 695. The summed E-state index contributed by atoms with van der Waals surface area (Å²) >= 11 is 11.6. The Hall–Kier alpha value is -1.65. The van der Waals surface area contributed by atoms with Crippen LogP contribution in [0, 0.1) is 6.92 Å². The van der Waals surface area contributed by atoms with Crippen LogP contribution in [0.1, 0.15) is 16.1 Å². The highest BCUT2D eigenvalue weighted by Crippen LogP contribution is 2.22. The number of nitrogens with zero attached hydrogens (tertiary/aromatic N) is 2. The van der Waals surface area contributed by atoms with E-state index in [1.54, 1.807) is 31.3 Å². The molecule has 0 unspecified atom stereocenters. The van der Waals surface area contributed by atoms with Crippen molar-refractivity contribution in [3.8, 4) is 0 Å². The molecule has 1 aromatic carbocycles. The molecule has 0 amide bonds. The summed E-state index contributed by atoms with van der Waals surface area (Å²) < 4.78 is 1.25. The number of hydrogen-bond acceptors (Lipinski definition) is 3. The van der Waals surface area contributed by atoms with Crippen molar-refractivity contribution in [2.45, 2.75) is 13.5 Å². The van der Waals surface area contributed by atoms with E-state index in [2.05, 4.69) is 4.98 Å². The minimum Gasteiger partial charge on any atom is -0.292 e. The summed E-state index contributed by atoms with van der Waals surface area (Å²) in [5, 5.41) is 0.689. The zero-order valence-electron chi connectivity index (χ0n) is 10.1. The van der Waals surface area contributed by atoms with E-state index >= 15 is 0 Å². The van der Waals surface area contributed by atoms with Crippen LogP contribution in [0.4, 0.5) is 0 Å². The average Bonchev–Trinajstić information content (AvgIpc) is 2.36. The highest BCUT2D eigenvalue weighted by atomic mass is 35.5. The van der Waals surface area contributed by atoms with Crippen LogP contribution < -0.4 is 5.69 Å². The van der Waals surface area contributed by atoms with Crippen molar-refractivity contribution >= 4 is 29.0 Å². The number of hydrogen-bond donors (Lipinski definition) is 0. The Morgan fingerprint density at radius 3 is 2.63 bits per heavy atom.